The molecule has 1 rings (SSSR count). The van der Waals surface area contributed by atoms with Gasteiger partial charge in [-0.05, 0) is 6.92 Å². The van der Waals surface area contributed by atoms with Crippen molar-refractivity contribution in [3.05, 3.63) is 11.1 Å². The molecule has 2 unspecified atom stereocenters. The van der Waals surface area contributed by atoms with Crippen molar-refractivity contribution in [1.82, 2.24) is 4.98 Å². The maximum atomic E-state index is 10.7. The van der Waals surface area contributed by atoms with Crippen LogP contribution in [0.4, 0.5) is 0 Å². The third kappa shape index (κ3) is 2.99. The Balaban J connectivity index is 2.56. The van der Waals surface area contributed by atoms with E-state index in [2.05, 4.69) is 4.98 Å². The van der Waals surface area contributed by atoms with Crippen molar-refractivity contribution in [2.75, 3.05) is 0 Å². The Bertz CT molecular complexity index is 324. The minimum Gasteiger partial charge on any atom is -0.481 e. The Hall–Kier alpha value is -0.550. The first-order valence-electron chi connectivity index (χ1n) is 4.32. The monoisotopic (exact) mass is 231 g/mol. The molecule has 0 aliphatic heterocycles. The normalized spacial score (nSPS) is 15.1. The average Bonchev–Trinajstić information content (AvgIpc) is 2.49. The van der Waals surface area contributed by atoms with Gasteiger partial charge in [-0.25, -0.2) is 4.98 Å². The lowest BCUT2D eigenvalue weighted by Crippen LogP contribution is -2.19. The molecule has 0 radical (unpaired) electrons. The van der Waals surface area contributed by atoms with Crippen LogP contribution in [0.3, 0.4) is 0 Å². The molecule has 2 atom stereocenters. The van der Waals surface area contributed by atoms with E-state index in [4.69, 9.17) is 5.11 Å². The van der Waals surface area contributed by atoms with Gasteiger partial charge in [-0.2, -0.15) is 0 Å². The summed E-state index contributed by atoms with van der Waals surface area (Å²) in [7, 11) is 0. The number of thioether (sulfide) groups is 1. The van der Waals surface area contributed by atoms with Gasteiger partial charge in [0.15, 0.2) is 0 Å². The Labute approximate surface area is 91.6 Å². The third-order valence-corrected chi connectivity index (χ3v) is 4.38. The zero-order valence-corrected chi connectivity index (χ0v) is 9.98. The predicted molar refractivity (Wildman–Crippen MR) is 59.0 cm³/mol. The summed E-state index contributed by atoms with van der Waals surface area (Å²) in [5.41, 5.74) is 0.993. The molecule has 0 saturated heterocycles. The van der Waals surface area contributed by atoms with Crippen molar-refractivity contribution in [3.8, 4) is 0 Å². The van der Waals surface area contributed by atoms with E-state index in [1.54, 1.807) is 18.3 Å². The van der Waals surface area contributed by atoms with Crippen LogP contribution in [-0.2, 0) is 4.79 Å². The van der Waals surface area contributed by atoms with Gasteiger partial charge in [0.2, 0.25) is 0 Å². The van der Waals surface area contributed by atoms with Crippen LogP contribution in [0, 0.1) is 12.8 Å². The van der Waals surface area contributed by atoms with Crippen LogP contribution in [-0.4, -0.2) is 21.3 Å². The van der Waals surface area contributed by atoms with Gasteiger partial charge in [0.1, 0.15) is 4.34 Å². The van der Waals surface area contributed by atoms with Crippen molar-refractivity contribution in [1.29, 1.82) is 0 Å². The van der Waals surface area contributed by atoms with Crippen LogP contribution in [0.25, 0.3) is 0 Å². The largest absolute Gasteiger partial charge is 0.481 e. The first-order valence-corrected chi connectivity index (χ1v) is 6.08. The maximum absolute atomic E-state index is 10.7. The van der Waals surface area contributed by atoms with Crippen LogP contribution in [0.1, 0.15) is 19.5 Å². The molecular weight excluding hydrogens is 218 g/mol. The van der Waals surface area contributed by atoms with Crippen LogP contribution >= 0.6 is 23.1 Å². The van der Waals surface area contributed by atoms with Crippen molar-refractivity contribution in [2.24, 2.45) is 5.92 Å². The van der Waals surface area contributed by atoms with Gasteiger partial charge in [-0.3, -0.25) is 4.79 Å². The summed E-state index contributed by atoms with van der Waals surface area (Å²) >= 11 is 3.09. The molecule has 0 amide bonds. The molecule has 1 aromatic rings. The number of nitrogens with zero attached hydrogens (tertiary/aromatic N) is 1. The maximum Gasteiger partial charge on any atom is 0.307 e. The summed E-state index contributed by atoms with van der Waals surface area (Å²) in [5.74, 6) is -1.09. The van der Waals surface area contributed by atoms with Gasteiger partial charge in [0.25, 0.3) is 0 Å². The Morgan fingerprint density at radius 3 is 2.71 bits per heavy atom. The molecule has 0 aliphatic carbocycles. The van der Waals surface area contributed by atoms with Gasteiger partial charge in [-0.1, -0.05) is 25.6 Å². The van der Waals surface area contributed by atoms with E-state index >= 15 is 0 Å². The number of aromatic nitrogens is 1. The molecule has 0 aromatic carbocycles. The van der Waals surface area contributed by atoms with Crippen molar-refractivity contribution >= 4 is 29.1 Å². The van der Waals surface area contributed by atoms with E-state index in [1.165, 1.54) is 11.8 Å². The summed E-state index contributed by atoms with van der Waals surface area (Å²) in [6, 6.07) is 0. The second-order valence-electron chi connectivity index (χ2n) is 3.20. The molecule has 0 fully saturated rings. The van der Waals surface area contributed by atoms with Gasteiger partial charge in [0, 0.05) is 16.3 Å². The topological polar surface area (TPSA) is 50.2 Å². The van der Waals surface area contributed by atoms with E-state index in [9.17, 15) is 4.79 Å². The standard InChI is InChI=1S/C9H13NO2S2/c1-5-4-13-9(10-5)14-7(3)6(2)8(11)12/h4,6-7H,1-3H3,(H,11,12). The van der Waals surface area contributed by atoms with Gasteiger partial charge in [0.05, 0.1) is 5.92 Å². The molecule has 0 aliphatic rings. The minimum atomic E-state index is -0.752. The molecule has 0 saturated carbocycles. The van der Waals surface area contributed by atoms with E-state index in [0.29, 0.717) is 0 Å². The molecule has 1 aromatic heterocycles. The summed E-state index contributed by atoms with van der Waals surface area (Å²) in [6.07, 6.45) is 0. The van der Waals surface area contributed by atoms with Gasteiger partial charge < -0.3 is 5.11 Å². The second kappa shape index (κ2) is 4.79. The van der Waals surface area contributed by atoms with E-state index < -0.39 is 5.97 Å². The van der Waals surface area contributed by atoms with Gasteiger partial charge >= 0.3 is 5.97 Å². The highest BCUT2D eigenvalue weighted by Gasteiger charge is 2.21. The number of thiazole rings is 1. The lowest BCUT2D eigenvalue weighted by molar-refractivity contribution is -0.140. The Kier molecular flexibility index (Phi) is 3.95. The lowest BCUT2D eigenvalue weighted by atomic mass is 10.1. The van der Waals surface area contributed by atoms with Crippen LogP contribution in [0.5, 0.6) is 0 Å². The molecular formula is C9H13NO2S2. The zero-order valence-electron chi connectivity index (χ0n) is 8.35. The summed E-state index contributed by atoms with van der Waals surface area (Å²) in [6.45, 7) is 5.58. The lowest BCUT2D eigenvalue weighted by Gasteiger charge is -2.13. The minimum absolute atomic E-state index is 0.0537. The third-order valence-electron chi connectivity index (χ3n) is 1.98. The van der Waals surface area contributed by atoms with Gasteiger partial charge in [-0.15, -0.1) is 11.3 Å². The Morgan fingerprint density at radius 2 is 2.29 bits per heavy atom. The number of carbonyl (C=O) groups is 1. The highest BCUT2D eigenvalue weighted by Crippen LogP contribution is 2.30. The Morgan fingerprint density at radius 1 is 1.64 bits per heavy atom. The fourth-order valence-electron chi connectivity index (χ4n) is 0.848. The molecule has 1 N–H and O–H groups in total. The number of rotatable bonds is 4. The first kappa shape index (κ1) is 11.5. The van der Waals surface area contributed by atoms with E-state index in [0.717, 1.165) is 10.0 Å². The quantitative estimate of drug-likeness (QED) is 0.809. The smallest absolute Gasteiger partial charge is 0.307 e. The van der Waals surface area contributed by atoms with Crippen molar-refractivity contribution in [3.63, 3.8) is 0 Å². The number of hydrogen-bond donors (Lipinski definition) is 1. The van der Waals surface area contributed by atoms with E-state index in [-0.39, 0.29) is 11.2 Å². The summed E-state index contributed by atoms with van der Waals surface area (Å²) in [4.78, 5) is 15.0. The highest BCUT2D eigenvalue weighted by atomic mass is 32.2. The number of aliphatic carboxylic acids is 1. The highest BCUT2D eigenvalue weighted by molar-refractivity contribution is 8.01. The van der Waals surface area contributed by atoms with E-state index in [1.807, 2.05) is 19.2 Å². The molecule has 0 bridgehead atoms. The SMILES string of the molecule is Cc1csc(SC(C)C(C)C(=O)O)n1. The summed E-state index contributed by atoms with van der Waals surface area (Å²) in [5, 5.41) is 10.8. The molecule has 78 valence electrons. The average molecular weight is 231 g/mol. The van der Waals surface area contributed by atoms with Crippen LogP contribution in [0.2, 0.25) is 0 Å². The number of carboxylic acids is 1. The van der Waals surface area contributed by atoms with Crippen molar-refractivity contribution in [2.45, 2.75) is 30.4 Å². The van der Waals surface area contributed by atoms with Crippen LogP contribution in [0.15, 0.2) is 9.72 Å². The molecule has 5 heteroatoms. The predicted octanol–water partition coefficient (Wildman–Crippen LogP) is 2.65. The zero-order chi connectivity index (χ0) is 10.7. The fourth-order valence-corrected chi connectivity index (χ4v) is 3.03. The fraction of sp³-hybridized carbons (Fsp3) is 0.556. The molecule has 3 nitrogen and oxygen atoms in total. The number of hydrogen-bond acceptors (Lipinski definition) is 4. The number of aryl methyl sites for hydroxylation is 1. The first-order chi connectivity index (χ1) is 6.50. The molecule has 1 heterocycles. The van der Waals surface area contributed by atoms with Crippen LogP contribution < -0.4 is 0 Å². The molecule has 0 spiro atoms. The molecule has 14 heavy (non-hydrogen) atoms. The summed E-state index contributed by atoms with van der Waals surface area (Å²) < 4.78 is 0.947. The van der Waals surface area contributed by atoms with Crippen molar-refractivity contribution < 1.29 is 9.90 Å². The number of carboxylic acid groups (broad SMARTS) is 1. The second-order valence-corrected chi connectivity index (χ2v) is 5.69.